The molecule has 0 bridgehead atoms. The summed E-state index contributed by atoms with van der Waals surface area (Å²) in [6, 6.07) is 2.55. The molecule has 5 heteroatoms. The summed E-state index contributed by atoms with van der Waals surface area (Å²) >= 11 is 5.40. The Morgan fingerprint density at radius 1 is 1.56 bits per heavy atom. The van der Waals surface area contributed by atoms with Gasteiger partial charge in [0.15, 0.2) is 0 Å². The second kappa shape index (κ2) is 5.60. The average Bonchev–Trinajstić information content (AvgIpc) is 2.61. The highest BCUT2D eigenvalue weighted by atomic mass is 79.9. The number of nitrogens with two attached hydrogens (primary N) is 1. The number of nitrogens with zero attached hydrogens (tertiary/aromatic N) is 1. The Balaban J connectivity index is 2.14. The van der Waals surface area contributed by atoms with Crippen molar-refractivity contribution in [1.29, 1.82) is 0 Å². The van der Waals surface area contributed by atoms with Gasteiger partial charge in [0.1, 0.15) is 0 Å². The van der Waals surface area contributed by atoms with E-state index < -0.39 is 0 Å². The first-order chi connectivity index (χ1) is 7.72. The van der Waals surface area contributed by atoms with Gasteiger partial charge in [-0.2, -0.15) is 0 Å². The van der Waals surface area contributed by atoms with Crippen LogP contribution in [0.4, 0.5) is 0 Å². The van der Waals surface area contributed by atoms with Crippen LogP contribution >= 0.6 is 27.3 Å². The third kappa shape index (κ3) is 2.65. The van der Waals surface area contributed by atoms with Crippen molar-refractivity contribution >= 4 is 27.3 Å². The zero-order valence-corrected chi connectivity index (χ0v) is 11.8. The van der Waals surface area contributed by atoms with E-state index in [4.69, 9.17) is 10.5 Å². The highest BCUT2D eigenvalue weighted by Gasteiger charge is 2.23. The molecule has 1 atom stereocenters. The maximum Gasteiger partial charge on any atom is 0.0594 e. The van der Waals surface area contributed by atoms with Crippen LogP contribution in [0.2, 0.25) is 0 Å². The third-order valence-electron chi connectivity index (χ3n) is 2.91. The van der Waals surface area contributed by atoms with Crippen LogP contribution < -0.4 is 5.73 Å². The van der Waals surface area contributed by atoms with Gasteiger partial charge in [0, 0.05) is 33.9 Å². The lowest BCUT2D eigenvalue weighted by Crippen LogP contribution is -2.41. The molecule has 2 N–H and O–H groups in total. The van der Waals surface area contributed by atoms with E-state index in [9.17, 15) is 0 Å². The fraction of sp³-hybridized carbons (Fsp3) is 0.636. The number of halogens is 1. The maximum absolute atomic E-state index is 5.90. The van der Waals surface area contributed by atoms with Crippen LogP contribution in [0.5, 0.6) is 0 Å². The van der Waals surface area contributed by atoms with E-state index in [-0.39, 0.29) is 0 Å². The topological polar surface area (TPSA) is 38.5 Å². The normalized spacial score (nSPS) is 19.9. The lowest BCUT2D eigenvalue weighted by atomic mass is 10.2. The first-order valence-corrected chi connectivity index (χ1v) is 7.11. The minimum Gasteiger partial charge on any atom is -0.379 e. The number of hydrogen-bond donors (Lipinski definition) is 1. The molecule has 0 radical (unpaired) electrons. The molecule has 0 saturated carbocycles. The van der Waals surface area contributed by atoms with Gasteiger partial charge in [-0.25, -0.2) is 0 Å². The molecule has 1 fully saturated rings. The molecule has 2 heterocycles. The molecule has 16 heavy (non-hydrogen) atoms. The molecule has 3 nitrogen and oxygen atoms in total. The van der Waals surface area contributed by atoms with Gasteiger partial charge in [-0.15, -0.1) is 11.3 Å². The lowest BCUT2D eigenvalue weighted by Gasteiger charge is -2.33. The van der Waals surface area contributed by atoms with Gasteiger partial charge in [0.25, 0.3) is 0 Å². The van der Waals surface area contributed by atoms with E-state index in [0.717, 1.165) is 26.3 Å². The molecule has 0 aliphatic carbocycles. The Morgan fingerprint density at radius 3 is 2.75 bits per heavy atom. The standard InChI is InChI=1S/C11H17BrN2OS/c1-8-9(12)6-11(16-8)10(7-13)14-2-4-15-5-3-14/h6,10H,2-5,7,13H2,1H3. The molecule has 90 valence electrons. The van der Waals surface area contributed by atoms with Gasteiger partial charge < -0.3 is 10.5 Å². The fourth-order valence-corrected chi connectivity index (χ4v) is 3.69. The summed E-state index contributed by atoms with van der Waals surface area (Å²) in [7, 11) is 0. The van der Waals surface area contributed by atoms with E-state index in [0.29, 0.717) is 12.6 Å². The van der Waals surface area contributed by atoms with Crippen LogP contribution in [0.15, 0.2) is 10.5 Å². The van der Waals surface area contributed by atoms with Crippen molar-refractivity contribution in [3.8, 4) is 0 Å². The number of morpholine rings is 1. The molecule has 1 unspecified atom stereocenters. The van der Waals surface area contributed by atoms with Crippen LogP contribution in [0, 0.1) is 6.92 Å². The molecular weight excluding hydrogens is 288 g/mol. The van der Waals surface area contributed by atoms with E-state index >= 15 is 0 Å². The maximum atomic E-state index is 5.90. The smallest absolute Gasteiger partial charge is 0.0594 e. The molecule has 2 rings (SSSR count). The fourth-order valence-electron chi connectivity index (χ4n) is 1.98. The highest BCUT2D eigenvalue weighted by Crippen LogP contribution is 2.33. The number of rotatable bonds is 3. The molecule has 1 aromatic rings. The second-order valence-corrected chi connectivity index (χ2v) is 6.09. The Kier molecular flexibility index (Phi) is 4.38. The number of thiophene rings is 1. The van der Waals surface area contributed by atoms with Gasteiger partial charge >= 0.3 is 0 Å². The molecule has 1 aliphatic rings. The molecule has 1 aromatic heterocycles. The molecule has 1 saturated heterocycles. The average molecular weight is 305 g/mol. The van der Waals surface area contributed by atoms with Crippen molar-refractivity contribution in [3.05, 3.63) is 20.3 Å². The van der Waals surface area contributed by atoms with Gasteiger partial charge in [0.05, 0.1) is 19.3 Å². The zero-order chi connectivity index (χ0) is 11.5. The van der Waals surface area contributed by atoms with Gasteiger partial charge in [0.2, 0.25) is 0 Å². The molecular formula is C11H17BrN2OS. The minimum absolute atomic E-state index is 0.346. The molecule has 0 amide bonds. The predicted octanol–water partition coefficient (Wildman–Crippen LogP) is 2.15. The van der Waals surface area contributed by atoms with Crippen molar-refractivity contribution in [2.24, 2.45) is 5.73 Å². The third-order valence-corrected chi connectivity index (χ3v) is 5.15. The van der Waals surface area contributed by atoms with Crippen LogP contribution in [-0.2, 0) is 4.74 Å². The number of aryl methyl sites for hydroxylation is 1. The summed E-state index contributed by atoms with van der Waals surface area (Å²) in [5.74, 6) is 0. The summed E-state index contributed by atoms with van der Waals surface area (Å²) in [6.45, 7) is 6.41. The molecule has 1 aliphatic heterocycles. The largest absolute Gasteiger partial charge is 0.379 e. The van der Waals surface area contributed by atoms with E-state index in [1.54, 1.807) is 0 Å². The van der Waals surface area contributed by atoms with Crippen LogP contribution in [0.3, 0.4) is 0 Å². The van der Waals surface area contributed by atoms with Gasteiger partial charge in [-0.1, -0.05) is 0 Å². The minimum atomic E-state index is 0.346. The van der Waals surface area contributed by atoms with Crippen molar-refractivity contribution in [1.82, 2.24) is 4.90 Å². The summed E-state index contributed by atoms with van der Waals surface area (Å²) in [5, 5.41) is 0. The quantitative estimate of drug-likeness (QED) is 0.930. The second-order valence-electron chi connectivity index (χ2n) is 3.95. The van der Waals surface area contributed by atoms with Crippen LogP contribution in [-0.4, -0.2) is 37.7 Å². The van der Waals surface area contributed by atoms with E-state index in [1.807, 2.05) is 11.3 Å². The van der Waals surface area contributed by atoms with Gasteiger partial charge in [-0.3, -0.25) is 4.90 Å². The van der Waals surface area contributed by atoms with Crippen molar-refractivity contribution in [3.63, 3.8) is 0 Å². The number of ether oxygens (including phenoxy) is 1. The highest BCUT2D eigenvalue weighted by molar-refractivity contribution is 9.10. The Labute approximate surface area is 109 Å². The molecule has 0 aromatic carbocycles. The molecule has 0 spiro atoms. The predicted molar refractivity (Wildman–Crippen MR) is 70.9 cm³/mol. The van der Waals surface area contributed by atoms with E-state index in [1.165, 1.54) is 14.2 Å². The zero-order valence-electron chi connectivity index (χ0n) is 9.41. The summed E-state index contributed by atoms with van der Waals surface area (Å²) in [4.78, 5) is 5.09. The number of hydrogen-bond acceptors (Lipinski definition) is 4. The van der Waals surface area contributed by atoms with Crippen molar-refractivity contribution in [2.75, 3.05) is 32.8 Å². The van der Waals surface area contributed by atoms with Crippen LogP contribution in [0.25, 0.3) is 0 Å². The lowest BCUT2D eigenvalue weighted by molar-refractivity contribution is 0.0186. The van der Waals surface area contributed by atoms with Crippen molar-refractivity contribution in [2.45, 2.75) is 13.0 Å². The summed E-state index contributed by atoms with van der Waals surface area (Å²) in [6.07, 6.45) is 0. The van der Waals surface area contributed by atoms with Gasteiger partial charge in [-0.05, 0) is 28.9 Å². The van der Waals surface area contributed by atoms with Crippen molar-refractivity contribution < 1.29 is 4.74 Å². The first-order valence-electron chi connectivity index (χ1n) is 5.50. The Bertz CT molecular complexity index is 330. The summed E-state index contributed by atoms with van der Waals surface area (Å²) in [5.41, 5.74) is 5.90. The Hall–Kier alpha value is 0.0600. The summed E-state index contributed by atoms with van der Waals surface area (Å²) < 4.78 is 6.56. The first kappa shape index (κ1) is 12.5. The SMILES string of the molecule is Cc1sc(C(CN)N2CCOCC2)cc1Br. The Morgan fingerprint density at radius 2 is 2.25 bits per heavy atom. The van der Waals surface area contributed by atoms with Crippen LogP contribution in [0.1, 0.15) is 15.8 Å². The monoisotopic (exact) mass is 304 g/mol. The van der Waals surface area contributed by atoms with E-state index in [2.05, 4.69) is 33.8 Å².